The van der Waals surface area contributed by atoms with Crippen molar-refractivity contribution in [3.05, 3.63) is 16.8 Å². The van der Waals surface area contributed by atoms with Gasteiger partial charge in [-0.1, -0.05) is 23.8 Å². The van der Waals surface area contributed by atoms with Crippen molar-refractivity contribution in [3.8, 4) is 11.3 Å². The normalized spacial score (nSPS) is 17.4. The van der Waals surface area contributed by atoms with Gasteiger partial charge in [0.1, 0.15) is 5.69 Å². The molecule has 0 spiro atoms. The van der Waals surface area contributed by atoms with Crippen LogP contribution in [0.2, 0.25) is 0 Å². The molecule has 1 aliphatic rings. The van der Waals surface area contributed by atoms with Crippen molar-refractivity contribution < 1.29 is 0 Å². The maximum absolute atomic E-state index is 4.11. The van der Waals surface area contributed by atoms with Gasteiger partial charge in [0.25, 0.3) is 0 Å². The number of rotatable bonds is 3. The summed E-state index contributed by atoms with van der Waals surface area (Å²) in [5.74, 6) is 0. The third kappa shape index (κ3) is 2.89. The maximum atomic E-state index is 4.11. The summed E-state index contributed by atoms with van der Waals surface area (Å²) in [6.45, 7) is 0. The number of aromatic nitrogens is 2. The van der Waals surface area contributed by atoms with E-state index in [1.165, 1.54) is 53.4 Å². The molecule has 0 N–H and O–H groups in total. The molecular formula is C12H14N2S3. The Bertz CT molecular complexity index is 458. The van der Waals surface area contributed by atoms with Crippen LogP contribution in [0.3, 0.4) is 0 Å². The topological polar surface area (TPSA) is 25.8 Å². The molecule has 2 aromatic rings. The van der Waals surface area contributed by atoms with Gasteiger partial charge in [0.2, 0.25) is 0 Å². The lowest BCUT2D eigenvalue weighted by Gasteiger charge is -2.19. The molecule has 1 saturated carbocycles. The number of hydrogen-bond acceptors (Lipinski definition) is 5. The Morgan fingerprint density at radius 2 is 2.06 bits per heavy atom. The van der Waals surface area contributed by atoms with E-state index >= 15 is 0 Å². The van der Waals surface area contributed by atoms with Gasteiger partial charge >= 0.3 is 0 Å². The smallest absolute Gasteiger partial charge is 0.106 e. The van der Waals surface area contributed by atoms with Crippen molar-refractivity contribution in [2.24, 2.45) is 0 Å². The molecule has 0 radical (unpaired) electrons. The van der Waals surface area contributed by atoms with E-state index in [1.54, 1.807) is 0 Å². The Morgan fingerprint density at radius 3 is 2.82 bits per heavy atom. The van der Waals surface area contributed by atoms with Gasteiger partial charge in [0.05, 0.1) is 4.21 Å². The molecule has 1 fully saturated rings. The van der Waals surface area contributed by atoms with Crippen molar-refractivity contribution in [2.45, 2.75) is 41.6 Å². The number of thioether (sulfide) groups is 1. The summed E-state index contributed by atoms with van der Waals surface area (Å²) in [4.78, 5) is 0. The lowest BCUT2D eigenvalue weighted by atomic mass is 10.0. The highest BCUT2D eigenvalue weighted by molar-refractivity contribution is 8.01. The maximum Gasteiger partial charge on any atom is 0.106 e. The number of thiophene rings is 1. The average molecular weight is 282 g/mol. The number of hydrogen-bond donors (Lipinski definition) is 0. The summed E-state index contributed by atoms with van der Waals surface area (Å²) in [5.41, 5.74) is 2.24. The molecular weight excluding hydrogens is 268 g/mol. The van der Waals surface area contributed by atoms with E-state index < -0.39 is 0 Å². The molecule has 5 heteroatoms. The van der Waals surface area contributed by atoms with E-state index in [4.69, 9.17) is 0 Å². The standard InChI is InChI=1S/C12H14N2S3/c1-2-4-10(5-3-1)17-12-6-9(7-15-12)11-8-16-14-13-11/h6-8,10H,1-5H2. The van der Waals surface area contributed by atoms with Gasteiger partial charge in [-0.3, -0.25) is 0 Å². The fourth-order valence-electron chi connectivity index (χ4n) is 2.15. The van der Waals surface area contributed by atoms with Crippen LogP contribution in [-0.2, 0) is 0 Å². The molecule has 0 unspecified atom stereocenters. The molecule has 0 atom stereocenters. The molecule has 2 heterocycles. The first kappa shape index (κ1) is 11.7. The zero-order valence-corrected chi connectivity index (χ0v) is 11.9. The molecule has 2 aromatic heterocycles. The highest BCUT2D eigenvalue weighted by Gasteiger charge is 2.16. The predicted molar refractivity (Wildman–Crippen MR) is 76.0 cm³/mol. The van der Waals surface area contributed by atoms with Crippen molar-refractivity contribution in [1.29, 1.82) is 0 Å². The molecule has 90 valence electrons. The molecule has 2 nitrogen and oxygen atoms in total. The van der Waals surface area contributed by atoms with E-state index in [-0.39, 0.29) is 0 Å². The first-order valence-electron chi connectivity index (χ1n) is 5.94. The lowest BCUT2D eigenvalue weighted by molar-refractivity contribution is 0.516. The molecule has 0 aromatic carbocycles. The average Bonchev–Trinajstić information content (AvgIpc) is 3.00. The van der Waals surface area contributed by atoms with E-state index in [1.807, 2.05) is 16.7 Å². The monoisotopic (exact) mass is 282 g/mol. The zero-order valence-electron chi connectivity index (χ0n) is 9.46. The SMILES string of the molecule is c1sc(SC2CCCCC2)cc1-c1csnn1. The quantitative estimate of drug-likeness (QED) is 0.816. The van der Waals surface area contributed by atoms with Crippen LogP contribution in [0, 0.1) is 0 Å². The Balaban J connectivity index is 1.68. The van der Waals surface area contributed by atoms with Gasteiger partial charge in [-0.15, -0.1) is 28.2 Å². The van der Waals surface area contributed by atoms with Crippen LogP contribution in [0.5, 0.6) is 0 Å². The van der Waals surface area contributed by atoms with Gasteiger partial charge in [-0.05, 0) is 30.4 Å². The van der Waals surface area contributed by atoms with E-state index in [9.17, 15) is 0 Å². The van der Waals surface area contributed by atoms with Crippen molar-refractivity contribution in [2.75, 3.05) is 0 Å². The zero-order chi connectivity index (χ0) is 11.5. The summed E-state index contributed by atoms with van der Waals surface area (Å²) in [6.07, 6.45) is 7.02. The molecule has 0 saturated heterocycles. The largest absolute Gasteiger partial charge is 0.138 e. The van der Waals surface area contributed by atoms with Crippen LogP contribution in [0.4, 0.5) is 0 Å². The van der Waals surface area contributed by atoms with Crippen LogP contribution in [-0.4, -0.2) is 14.8 Å². The summed E-state index contributed by atoms with van der Waals surface area (Å²) in [5, 5.41) is 9.16. The van der Waals surface area contributed by atoms with Crippen LogP contribution in [0.25, 0.3) is 11.3 Å². The minimum Gasteiger partial charge on any atom is -0.138 e. The summed E-state index contributed by atoms with van der Waals surface area (Å²) < 4.78 is 5.34. The minimum atomic E-state index is 0.837. The van der Waals surface area contributed by atoms with E-state index in [0.717, 1.165) is 10.9 Å². The molecule has 3 rings (SSSR count). The van der Waals surface area contributed by atoms with Crippen LogP contribution >= 0.6 is 34.6 Å². The fraction of sp³-hybridized carbons (Fsp3) is 0.500. The molecule has 0 amide bonds. The molecule has 0 bridgehead atoms. The first-order valence-corrected chi connectivity index (χ1v) is 8.54. The Morgan fingerprint density at radius 1 is 1.18 bits per heavy atom. The molecule has 0 aliphatic heterocycles. The summed E-state index contributed by atoms with van der Waals surface area (Å²) in [7, 11) is 0. The fourth-order valence-corrected chi connectivity index (χ4v) is 5.11. The van der Waals surface area contributed by atoms with E-state index in [2.05, 4.69) is 32.8 Å². The van der Waals surface area contributed by atoms with E-state index in [0.29, 0.717) is 0 Å². The van der Waals surface area contributed by atoms with Gasteiger partial charge in [-0.25, -0.2) is 0 Å². The van der Waals surface area contributed by atoms with Crippen LogP contribution in [0.15, 0.2) is 21.0 Å². The third-order valence-corrected chi connectivity index (χ3v) is 6.03. The van der Waals surface area contributed by atoms with Gasteiger partial charge in [-0.2, -0.15) is 0 Å². The predicted octanol–water partition coefficient (Wildman–Crippen LogP) is 4.69. The second-order valence-electron chi connectivity index (χ2n) is 4.32. The van der Waals surface area contributed by atoms with Crippen molar-refractivity contribution >= 4 is 34.6 Å². The van der Waals surface area contributed by atoms with Crippen LogP contribution < -0.4 is 0 Å². The summed E-state index contributed by atoms with van der Waals surface area (Å²) in [6, 6.07) is 2.26. The minimum absolute atomic E-state index is 0.837. The number of nitrogens with zero attached hydrogens (tertiary/aromatic N) is 2. The Hall–Kier alpha value is -0.390. The van der Waals surface area contributed by atoms with Crippen molar-refractivity contribution in [3.63, 3.8) is 0 Å². The highest BCUT2D eigenvalue weighted by Crippen LogP contribution is 2.38. The van der Waals surface area contributed by atoms with Gasteiger partial charge in [0.15, 0.2) is 0 Å². The molecule has 17 heavy (non-hydrogen) atoms. The van der Waals surface area contributed by atoms with Gasteiger partial charge in [0, 0.05) is 21.6 Å². The second-order valence-corrected chi connectivity index (χ2v) is 7.44. The summed E-state index contributed by atoms with van der Waals surface area (Å²) >= 11 is 5.31. The highest BCUT2D eigenvalue weighted by atomic mass is 32.2. The Kier molecular flexibility index (Phi) is 3.78. The lowest BCUT2D eigenvalue weighted by Crippen LogP contribution is -2.06. The van der Waals surface area contributed by atoms with Crippen LogP contribution in [0.1, 0.15) is 32.1 Å². The van der Waals surface area contributed by atoms with Gasteiger partial charge < -0.3 is 0 Å². The first-order chi connectivity index (χ1) is 8.42. The van der Waals surface area contributed by atoms with Crippen molar-refractivity contribution in [1.82, 2.24) is 9.59 Å². The second kappa shape index (κ2) is 5.50. The Labute approximate surface area is 114 Å². The third-order valence-electron chi connectivity index (χ3n) is 3.07. The molecule has 1 aliphatic carbocycles.